The Bertz CT molecular complexity index is 702. The van der Waals surface area contributed by atoms with Crippen LogP contribution in [0.4, 0.5) is 16.2 Å². The van der Waals surface area contributed by atoms with Gasteiger partial charge in [0.2, 0.25) is 5.91 Å². The summed E-state index contributed by atoms with van der Waals surface area (Å²) in [5.74, 6) is 2.88. The van der Waals surface area contributed by atoms with Gasteiger partial charge in [-0.2, -0.15) is 0 Å². The molecule has 1 heterocycles. The first kappa shape index (κ1) is 17.3. The first-order valence-electron chi connectivity index (χ1n) is 9.50. The lowest BCUT2D eigenvalue weighted by Gasteiger charge is -2.22. The quantitative estimate of drug-likeness (QED) is 0.870. The van der Waals surface area contributed by atoms with Gasteiger partial charge in [0, 0.05) is 31.6 Å². The fourth-order valence-electron chi connectivity index (χ4n) is 5.20. The molecule has 3 amide bonds. The van der Waals surface area contributed by atoms with Crippen molar-refractivity contribution in [2.45, 2.75) is 26.2 Å². The number of benzene rings is 1. The zero-order chi connectivity index (χ0) is 18.3. The standard InChI is InChI=1S/C20H27N3O3/c1-12-3-6-15(21-19(24)11-26-2)8-18(12)22-20(25)23-9-16-13-4-5-14(7-13)17(16)10-23/h3,6,8,13-14,16-17H,4-5,7,9-11H2,1-2H3,(H,21,24)(H,22,25)/t13-,14+,16-,17+. The Balaban J connectivity index is 1.40. The second kappa shape index (κ2) is 6.91. The van der Waals surface area contributed by atoms with Gasteiger partial charge >= 0.3 is 6.03 Å². The fraction of sp³-hybridized carbons (Fsp3) is 0.600. The number of fused-ring (bicyclic) bond motifs is 5. The number of nitrogens with zero attached hydrogens (tertiary/aromatic N) is 1. The third-order valence-electron chi connectivity index (χ3n) is 6.46. The van der Waals surface area contributed by atoms with E-state index in [9.17, 15) is 9.59 Å². The number of nitrogens with one attached hydrogen (secondary N) is 2. The van der Waals surface area contributed by atoms with Crippen LogP contribution in [0.1, 0.15) is 24.8 Å². The summed E-state index contributed by atoms with van der Waals surface area (Å²) in [6.45, 7) is 3.74. The molecule has 0 aromatic heterocycles. The second-order valence-electron chi connectivity index (χ2n) is 8.01. The first-order valence-corrected chi connectivity index (χ1v) is 9.50. The van der Waals surface area contributed by atoms with Gasteiger partial charge in [-0.3, -0.25) is 4.79 Å². The molecule has 2 aliphatic carbocycles. The normalized spacial score (nSPS) is 28.9. The monoisotopic (exact) mass is 357 g/mol. The molecule has 0 unspecified atom stereocenters. The molecule has 0 spiro atoms. The first-order chi connectivity index (χ1) is 12.5. The number of aryl methyl sites for hydroxylation is 1. The van der Waals surface area contributed by atoms with Gasteiger partial charge in [0.25, 0.3) is 0 Å². The number of urea groups is 1. The molecule has 4 atom stereocenters. The molecule has 1 aliphatic heterocycles. The molecule has 2 N–H and O–H groups in total. The number of hydrogen-bond donors (Lipinski definition) is 2. The number of methoxy groups -OCH3 is 1. The Hall–Kier alpha value is -2.08. The van der Waals surface area contributed by atoms with E-state index in [4.69, 9.17) is 4.74 Å². The van der Waals surface area contributed by atoms with Crippen molar-refractivity contribution in [3.05, 3.63) is 23.8 Å². The summed E-state index contributed by atoms with van der Waals surface area (Å²) >= 11 is 0. The van der Waals surface area contributed by atoms with Crippen molar-refractivity contribution in [1.82, 2.24) is 4.90 Å². The molecular formula is C20H27N3O3. The Kier molecular flexibility index (Phi) is 4.61. The van der Waals surface area contributed by atoms with Gasteiger partial charge in [-0.1, -0.05) is 6.07 Å². The molecule has 4 rings (SSSR count). The number of rotatable bonds is 4. The maximum Gasteiger partial charge on any atom is 0.321 e. The summed E-state index contributed by atoms with van der Waals surface area (Å²) in [6.07, 6.45) is 4.08. The number of ether oxygens (including phenoxy) is 1. The SMILES string of the molecule is COCC(=O)Nc1ccc(C)c(NC(=O)N2C[C@@H]3[C@@H]4CC[C@@H](C4)[C@@H]3C2)c1. The van der Waals surface area contributed by atoms with Gasteiger partial charge in [0.15, 0.2) is 0 Å². The Morgan fingerprint density at radius 1 is 1.15 bits per heavy atom. The highest BCUT2D eigenvalue weighted by Crippen LogP contribution is 2.55. The lowest BCUT2D eigenvalue weighted by atomic mass is 9.82. The highest BCUT2D eigenvalue weighted by Gasteiger charge is 2.52. The molecule has 140 valence electrons. The largest absolute Gasteiger partial charge is 0.375 e. The summed E-state index contributed by atoms with van der Waals surface area (Å²) in [5.41, 5.74) is 2.37. The number of amides is 3. The molecule has 26 heavy (non-hydrogen) atoms. The molecule has 0 radical (unpaired) electrons. The van der Waals surface area contributed by atoms with E-state index in [-0.39, 0.29) is 18.5 Å². The van der Waals surface area contributed by atoms with Crippen molar-refractivity contribution in [1.29, 1.82) is 0 Å². The molecule has 3 aliphatic rings. The molecule has 1 saturated heterocycles. The minimum Gasteiger partial charge on any atom is -0.375 e. The highest BCUT2D eigenvalue weighted by molar-refractivity contribution is 5.94. The maximum absolute atomic E-state index is 12.8. The van der Waals surface area contributed by atoms with Crippen LogP contribution in [-0.2, 0) is 9.53 Å². The van der Waals surface area contributed by atoms with Crippen LogP contribution in [0.25, 0.3) is 0 Å². The average molecular weight is 357 g/mol. The Labute approximate surface area is 154 Å². The predicted octanol–water partition coefficient (Wildman–Crippen LogP) is 3.09. The zero-order valence-corrected chi connectivity index (χ0v) is 15.5. The summed E-state index contributed by atoms with van der Waals surface area (Å²) in [4.78, 5) is 26.4. The van der Waals surface area contributed by atoms with Crippen LogP contribution in [0.2, 0.25) is 0 Å². The molecule has 6 heteroatoms. The van der Waals surface area contributed by atoms with E-state index in [1.54, 1.807) is 6.07 Å². The Morgan fingerprint density at radius 2 is 1.85 bits per heavy atom. The third kappa shape index (κ3) is 3.18. The molecule has 2 bridgehead atoms. The van der Waals surface area contributed by atoms with Crippen molar-refractivity contribution in [2.24, 2.45) is 23.7 Å². The summed E-state index contributed by atoms with van der Waals surface area (Å²) in [5, 5.41) is 5.82. The lowest BCUT2D eigenvalue weighted by Crippen LogP contribution is -2.34. The van der Waals surface area contributed by atoms with Gasteiger partial charge in [-0.15, -0.1) is 0 Å². The van der Waals surface area contributed by atoms with E-state index in [0.29, 0.717) is 17.5 Å². The fourth-order valence-corrected chi connectivity index (χ4v) is 5.20. The van der Waals surface area contributed by atoms with Crippen molar-refractivity contribution in [3.8, 4) is 0 Å². The molecule has 3 fully saturated rings. The lowest BCUT2D eigenvalue weighted by molar-refractivity contribution is -0.119. The number of hydrogen-bond acceptors (Lipinski definition) is 3. The zero-order valence-electron chi connectivity index (χ0n) is 15.5. The Morgan fingerprint density at radius 3 is 2.50 bits per heavy atom. The van der Waals surface area contributed by atoms with Crippen molar-refractivity contribution in [2.75, 3.05) is 37.4 Å². The average Bonchev–Trinajstić information content (AvgIpc) is 3.30. The number of carbonyl (C=O) groups is 2. The maximum atomic E-state index is 12.8. The van der Waals surface area contributed by atoms with E-state index in [1.165, 1.54) is 26.4 Å². The van der Waals surface area contributed by atoms with E-state index in [2.05, 4.69) is 10.6 Å². The van der Waals surface area contributed by atoms with Crippen LogP contribution in [0.5, 0.6) is 0 Å². The van der Waals surface area contributed by atoms with Crippen LogP contribution in [0.15, 0.2) is 18.2 Å². The van der Waals surface area contributed by atoms with Gasteiger partial charge in [0.1, 0.15) is 6.61 Å². The summed E-state index contributed by atoms with van der Waals surface area (Å²) in [6, 6.07) is 5.51. The van der Waals surface area contributed by atoms with Crippen molar-refractivity contribution in [3.63, 3.8) is 0 Å². The van der Waals surface area contributed by atoms with Gasteiger partial charge in [-0.05, 0) is 67.6 Å². The van der Waals surface area contributed by atoms with Crippen LogP contribution in [0, 0.1) is 30.6 Å². The van der Waals surface area contributed by atoms with Crippen LogP contribution < -0.4 is 10.6 Å². The van der Waals surface area contributed by atoms with Crippen LogP contribution >= 0.6 is 0 Å². The van der Waals surface area contributed by atoms with Crippen molar-refractivity contribution < 1.29 is 14.3 Å². The number of carbonyl (C=O) groups excluding carboxylic acids is 2. The summed E-state index contributed by atoms with van der Waals surface area (Å²) in [7, 11) is 1.48. The number of likely N-dealkylation sites (tertiary alicyclic amines) is 1. The molecule has 6 nitrogen and oxygen atoms in total. The second-order valence-corrected chi connectivity index (χ2v) is 8.01. The van der Waals surface area contributed by atoms with Gasteiger partial charge in [0.05, 0.1) is 0 Å². The summed E-state index contributed by atoms with van der Waals surface area (Å²) < 4.78 is 4.83. The van der Waals surface area contributed by atoms with E-state index < -0.39 is 0 Å². The van der Waals surface area contributed by atoms with E-state index in [1.807, 2.05) is 24.0 Å². The third-order valence-corrected chi connectivity index (χ3v) is 6.46. The number of anilines is 2. The van der Waals surface area contributed by atoms with Crippen LogP contribution in [0.3, 0.4) is 0 Å². The highest BCUT2D eigenvalue weighted by atomic mass is 16.5. The van der Waals surface area contributed by atoms with Crippen molar-refractivity contribution >= 4 is 23.3 Å². The van der Waals surface area contributed by atoms with Crippen LogP contribution in [-0.4, -0.2) is 43.6 Å². The smallest absolute Gasteiger partial charge is 0.321 e. The molecule has 1 aromatic carbocycles. The predicted molar refractivity (Wildman–Crippen MR) is 100 cm³/mol. The minimum atomic E-state index is -0.212. The molecule has 2 saturated carbocycles. The minimum absolute atomic E-state index is 0.00839. The van der Waals surface area contributed by atoms with Gasteiger partial charge in [-0.25, -0.2) is 4.79 Å². The topological polar surface area (TPSA) is 70.7 Å². The molecular weight excluding hydrogens is 330 g/mol. The van der Waals surface area contributed by atoms with E-state index >= 15 is 0 Å². The molecule has 1 aromatic rings. The van der Waals surface area contributed by atoms with Gasteiger partial charge < -0.3 is 20.3 Å². The van der Waals surface area contributed by atoms with E-state index in [0.717, 1.165) is 36.2 Å².